The first-order valence-electron chi connectivity index (χ1n) is 12.1. The number of Topliss-reactive ketones (excluding diaryl/α,β-unsaturated/α-hetero) is 1. The number of ether oxygens (including phenoxy) is 1. The van der Waals surface area contributed by atoms with E-state index in [-0.39, 0.29) is 22.6 Å². The van der Waals surface area contributed by atoms with Gasteiger partial charge in [-0.15, -0.1) is 0 Å². The van der Waals surface area contributed by atoms with Crippen LogP contribution in [0.25, 0.3) is 0 Å². The number of carbonyl (C=O) groups excluding carboxylic acids is 2. The van der Waals surface area contributed by atoms with Crippen LogP contribution in [-0.4, -0.2) is 63.2 Å². The van der Waals surface area contributed by atoms with Crippen LogP contribution >= 0.6 is 0 Å². The summed E-state index contributed by atoms with van der Waals surface area (Å²) in [5.41, 5.74) is 1.58. The van der Waals surface area contributed by atoms with E-state index in [9.17, 15) is 18.0 Å². The molecule has 35 heavy (non-hydrogen) atoms. The van der Waals surface area contributed by atoms with Gasteiger partial charge >= 0.3 is 0 Å². The molecule has 4 rings (SSSR count). The van der Waals surface area contributed by atoms with Gasteiger partial charge in [0.25, 0.3) is 0 Å². The summed E-state index contributed by atoms with van der Waals surface area (Å²) < 4.78 is 33.3. The van der Waals surface area contributed by atoms with Gasteiger partial charge in [-0.05, 0) is 69.0 Å². The number of rotatable bonds is 7. The first-order valence-corrected chi connectivity index (χ1v) is 13.6. The lowest BCUT2D eigenvalue weighted by atomic mass is 10.0. The third-order valence-electron chi connectivity index (χ3n) is 6.90. The van der Waals surface area contributed by atoms with Crippen molar-refractivity contribution in [3.8, 4) is 5.75 Å². The largest absolute Gasteiger partial charge is 0.497 e. The third-order valence-corrected chi connectivity index (χ3v) is 8.83. The summed E-state index contributed by atoms with van der Waals surface area (Å²) in [5.74, 6) is 0.469. The Labute approximate surface area is 207 Å². The molecule has 8 nitrogen and oxygen atoms in total. The number of carbonyl (C=O) groups is 2. The van der Waals surface area contributed by atoms with E-state index in [0.717, 1.165) is 50.2 Å². The highest BCUT2D eigenvalue weighted by molar-refractivity contribution is 7.89. The highest BCUT2D eigenvalue weighted by Crippen LogP contribution is 2.27. The minimum atomic E-state index is -3.85. The van der Waals surface area contributed by atoms with Gasteiger partial charge in [-0.25, -0.2) is 8.42 Å². The number of hydrogen-bond donors (Lipinski definition) is 1. The van der Waals surface area contributed by atoms with Crippen molar-refractivity contribution >= 4 is 27.4 Å². The Bertz CT molecular complexity index is 1140. The van der Waals surface area contributed by atoms with Gasteiger partial charge in [0.1, 0.15) is 11.8 Å². The monoisotopic (exact) mass is 499 g/mol. The molecule has 0 aliphatic carbocycles. The molecule has 2 aliphatic rings. The average molecular weight is 500 g/mol. The van der Waals surface area contributed by atoms with Gasteiger partial charge in [-0.2, -0.15) is 4.31 Å². The summed E-state index contributed by atoms with van der Waals surface area (Å²) >= 11 is 0. The lowest BCUT2D eigenvalue weighted by molar-refractivity contribution is -0.126. The Hall–Kier alpha value is -2.91. The van der Waals surface area contributed by atoms with Crippen molar-refractivity contribution in [2.24, 2.45) is 0 Å². The zero-order chi connectivity index (χ0) is 25.0. The standard InChI is InChI=1S/C26H33N3O5S/c1-19(30)20-6-12-24(13-7-20)35(32,33)29-16-4-3-5-25(29)26(31)27-21-14-17-28(18-15-21)22-8-10-23(34-2)11-9-22/h6-13,21,25H,3-5,14-18H2,1-2H3,(H,27,31). The van der Waals surface area contributed by atoms with Crippen LogP contribution in [-0.2, 0) is 14.8 Å². The summed E-state index contributed by atoms with van der Waals surface area (Å²) in [6.07, 6.45) is 3.62. The van der Waals surface area contributed by atoms with Crippen molar-refractivity contribution < 1.29 is 22.7 Å². The zero-order valence-electron chi connectivity index (χ0n) is 20.3. The number of piperidine rings is 2. The van der Waals surface area contributed by atoms with Crippen LogP contribution in [0.15, 0.2) is 53.4 Å². The molecule has 0 spiro atoms. The van der Waals surface area contributed by atoms with E-state index in [1.165, 1.54) is 35.5 Å². The predicted octanol–water partition coefficient (Wildman–Crippen LogP) is 3.23. The first-order chi connectivity index (χ1) is 16.8. The molecule has 188 valence electrons. The molecule has 2 aromatic rings. The number of amides is 1. The number of hydrogen-bond acceptors (Lipinski definition) is 6. The van der Waals surface area contributed by atoms with Gasteiger partial charge in [0.05, 0.1) is 12.0 Å². The van der Waals surface area contributed by atoms with Crippen molar-refractivity contribution in [1.29, 1.82) is 0 Å². The van der Waals surface area contributed by atoms with Crippen LogP contribution in [0.2, 0.25) is 0 Å². The van der Waals surface area contributed by atoms with E-state index in [1.54, 1.807) is 7.11 Å². The minimum Gasteiger partial charge on any atom is -0.497 e. The van der Waals surface area contributed by atoms with Crippen LogP contribution in [0.5, 0.6) is 5.75 Å². The van der Waals surface area contributed by atoms with Crippen molar-refractivity contribution in [2.75, 3.05) is 31.6 Å². The topological polar surface area (TPSA) is 96.0 Å². The van der Waals surface area contributed by atoms with Crippen LogP contribution in [0.3, 0.4) is 0 Å². The Morgan fingerprint density at radius 3 is 2.17 bits per heavy atom. The summed E-state index contributed by atoms with van der Waals surface area (Å²) in [6.45, 7) is 3.37. The number of methoxy groups -OCH3 is 1. The van der Waals surface area contributed by atoms with Gasteiger partial charge in [-0.3, -0.25) is 9.59 Å². The van der Waals surface area contributed by atoms with Crippen molar-refractivity contribution in [3.05, 3.63) is 54.1 Å². The first kappa shape index (κ1) is 25.2. The second-order valence-corrected chi connectivity index (χ2v) is 11.1. The fraction of sp³-hybridized carbons (Fsp3) is 0.462. The highest BCUT2D eigenvalue weighted by atomic mass is 32.2. The number of anilines is 1. The van der Waals surface area contributed by atoms with Crippen molar-refractivity contribution in [2.45, 2.75) is 56.0 Å². The second-order valence-electron chi connectivity index (χ2n) is 9.18. The summed E-state index contributed by atoms with van der Waals surface area (Å²) in [6, 6.07) is 13.2. The third kappa shape index (κ3) is 5.67. The van der Waals surface area contributed by atoms with Crippen LogP contribution in [0.1, 0.15) is 49.4 Å². The average Bonchev–Trinajstić information content (AvgIpc) is 2.89. The van der Waals surface area contributed by atoms with Crippen molar-refractivity contribution in [1.82, 2.24) is 9.62 Å². The number of nitrogens with one attached hydrogen (secondary N) is 1. The van der Waals surface area contributed by atoms with E-state index in [2.05, 4.69) is 10.2 Å². The second kappa shape index (κ2) is 10.8. The van der Waals surface area contributed by atoms with E-state index in [4.69, 9.17) is 4.74 Å². The van der Waals surface area contributed by atoms with Gasteiger partial charge in [0.15, 0.2) is 5.78 Å². The van der Waals surface area contributed by atoms with E-state index >= 15 is 0 Å². The van der Waals surface area contributed by atoms with Crippen LogP contribution in [0.4, 0.5) is 5.69 Å². The quantitative estimate of drug-likeness (QED) is 0.588. The van der Waals surface area contributed by atoms with Gasteiger partial charge in [-0.1, -0.05) is 18.6 Å². The molecular formula is C26H33N3O5S. The Morgan fingerprint density at radius 1 is 0.914 bits per heavy atom. The number of sulfonamides is 1. The molecule has 1 N–H and O–H groups in total. The fourth-order valence-electron chi connectivity index (χ4n) is 4.82. The van der Waals surface area contributed by atoms with E-state index < -0.39 is 16.1 Å². The molecule has 0 bridgehead atoms. The maximum atomic E-state index is 13.4. The number of ketones is 1. The lowest BCUT2D eigenvalue weighted by Gasteiger charge is -2.37. The molecular weight excluding hydrogens is 466 g/mol. The zero-order valence-corrected chi connectivity index (χ0v) is 21.1. The van der Waals surface area contributed by atoms with Gasteiger partial charge < -0.3 is 15.0 Å². The maximum absolute atomic E-state index is 13.4. The van der Waals surface area contributed by atoms with Gasteiger partial charge in [0.2, 0.25) is 15.9 Å². The Kier molecular flexibility index (Phi) is 7.76. The molecule has 0 saturated carbocycles. The lowest BCUT2D eigenvalue weighted by Crippen LogP contribution is -2.55. The fourth-order valence-corrected chi connectivity index (χ4v) is 6.48. The van der Waals surface area contributed by atoms with E-state index in [1.807, 2.05) is 24.3 Å². The highest BCUT2D eigenvalue weighted by Gasteiger charge is 2.38. The summed E-state index contributed by atoms with van der Waals surface area (Å²) in [7, 11) is -2.20. The number of nitrogens with zero attached hydrogens (tertiary/aromatic N) is 2. The molecule has 2 fully saturated rings. The number of benzene rings is 2. The van der Waals surface area contributed by atoms with Crippen LogP contribution < -0.4 is 15.0 Å². The van der Waals surface area contributed by atoms with E-state index in [0.29, 0.717) is 18.5 Å². The molecule has 1 atom stereocenters. The molecule has 2 aromatic carbocycles. The molecule has 0 radical (unpaired) electrons. The molecule has 0 aromatic heterocycles. The molecule has 2 saturated heterocycles. The SMILES string of the molecule is COc1ccc(N2CCC(NC(=O)C3CCCCN3S(=O)(=O)c3ccc(C(C)=O)cc3)CC2)cc1. The molecule has 1 amide bonds. The van der Waals surface area contributed by atoms with Crippen molar-refractivity contribution in [3.63, 3.8) is 0 Å². The Balaban J connectivity index is 1.39. The normalized spacial score (nSPS) is 19.8. The van der Waals surface area contributed by atoms with Crippen LogP contribution in [0, 0.1) is 0 Å². The minimum absolute atomic E-state index is 0.0123. The smallest absolute Gasteiger partial charge is 0.243 e. The molecule has 1 unspecified atom stereocenters. The molecule has 9 heteroatoms. The molecule has 2 heterocycles. The summed E-state index contributed by atoms with van der Waals surface area (Å²) in [4.78, 5) is 27.2. The maximum Gasteiger partial charge on any atom is 0.243 e. The predicted molar refractivity (Wildman–Crippen MR) is 134 cm³/mol. The molecule has 2 aliphatic heterocycles. The van der Waals surface area contributed by atoms with Gasteiger partial charge in [0, 0.05) is 36.9 Å². The summed E-state index contributed by atoms with van der Waals surface area (Å²) in [5, 5.41) is 3.12. The Morgan fingerprint density at radius 2 is 1.57 bits per heavy atom.